The Bertz CT molecular complexity index is 359. The molecule has 0 radical (unpaired) electrons. The van der Waals surface area contributed by atoms with Crippen molar-refractivity contribution in [3.8, 4) is 5.75 Å². The number of rotatable bonds is 3. The molecule has 0 aromatic heterocycles. The van der Waals surface area contributed by atoms with Crippen molar-refractivity contribution in [1.82, 2.24) is 0 Å². The summed E-state index contributed by atoms with van der Waals surface area (Å²) in [6.07, 6.45) is 1.04. The topological polar surface area (TPSA) is 44.5 Å². The van der Waals surface area contributed by atoms with Gasteiger partial charge in [0.15, 0.2) is 0 Å². The molecule has 1 aliphatic heterocycles. The highest BCUT2D eigenvalue weighted by Crippen LogP contribution is 2.34. The highest BCUT2D eigenvalue weighted by molar-refractivity contribution is 5.42. The van der Waals surface area contributed by atoms with E-state index in [0.29, 0.717) is 5.92 Å². The summed E-state index contributed by atoms with van der Waals surface area (Å²) in [6, 6.07) is 6.13. The van der Waals surface area contributed by atoms with E-state index in [0.717, 1.165) is 36.5 Å². The molecule has 2 N–H and O–H groups in total. The maximum Gasteiger partial charge on any atom is 0.126 e. The number of hydrogen-bond donors (Lipinski definition) is 1. The molecule has 16 heavy (non-hydrogen) atoms. The SMILES string of the molecule is COc1c(C)cccc1C(N)C1CCOC1. The predicted octanol–water partition coefficient (Wildman–Crippen LogP) is 2.04. The van der Waals surface area contributed by atoms with Crippen LogP contribution in [-0.2, 0) is 4.74 Å². The summed E-state index contributed by atoms with van der Waals surface area (Å²) in [5.74, 6) is 1.33. The van der Waals surface area contributed by atoms with Gasteiger partial charge >= 0.3 is 0 Å². The molecular formula is C13H19NO2. The van der Waals surface area contributed by atoms with Gasteiger partial charge in [-0.1, -0.05) is 18.2 Å². The van der Waals surface area contributed by atoms with Crippen molar-refractivity contribution in [2.24, 2.45) is 11.7 Å². The van der Waals surface area contributed by atoms with Crippen LogP contribution in [0.2, 0.25) is 0 Å². The average Bonchev–Trinajstić information content (AvgIpc) is 2.81. The van der Waals surface area contributed by atoms with Gasteiger partial charge in [-0.3, -0.25) is 0 Å². The molecule has 0 bridgehead atoms. The summed E-state index contributed by atoms with van der Waals surface area (Å²) in [5.41, 5.74) is 8.51. The molecule has 1 aromatic rings. The Kier molecular flexibility index (Phi) is 3.46. The number of nitrogens with two attached hydrogens (primary N) is 1. The molecule has 2 unspecified atom stereocenters. The van der Waals surface area contributed by atoms with Crippen molar-refractivity contribution in [1.29, 1.82) is 0 Å². The van der Waals surface area contributed by atoms with Gasteiger partial charge in [-0.25, -0.2) is 0 Å². The Morgan fingerprint density at radius 3 is 2.94 bits per heavy atom. The van der Waals surface area contributed by atoms with Crippen LogP contribution in [0, 0.1) is 12.8 Å². The van der Waals surface area contributed by atoms with E-state index in [2.05, 4.69) is 6.07 Å². The van der Waals surface area contributed by atoms with Gasteiger partial charge in [0.1, 0.15) is 5.75 Å². The summed E-state index contributed by atoms with van der Waals surface area (Å²) in [5, 5.41) is 0. The minimum absolute atomic E-state index is 0.0114. The zero-order chi connectivity index (χ0) is 11.5. The lowest BCUT2D eigenvalue weighted by Gasteiger charge is -2.21. The van der Waals surface area contributed by atoms with Crippen molar-refractivity contribution in [2.75, 3.05) is 20.3 Å². The van der Waals surface area contributed by atoms with Gasteiger partial charge in [-0.05, 0) is 18.9 Å². The second-order valence-electron chi connectivity index (χ2n) is 4.35. The van der Waals surface area contributed by atoms with E-state index in [1.54, 1.807) is 7.11 Å². The number of methoxy groups -OCH3 is 1. The normalized spacial score (nSPS) is 22.1. The zero-order valence-electron chi connectivity index (χ0n) is 9.90. The Labute approximate surface area is 96.5 Å². The number of ether oxygens (including phenoxy) is 2. The monoisotopic (exact) mass is 221 g/mol. The molecular weight excluding hydrogens is 202 g/mol. The predicted molar refractivity (Wildman–Crippen MR) is 63.6 cm³/mol. The second kappa shape index (κ2) is 4.85. The maximum atomic E-state index is 6.29. The molecule has 1 aliphatic rings. The third kappa shape index (κ3) is 2.06. The highest BCUT2D eigenvalue weighted by Gasteiger charge is 2.26. The molecule has 1 heterocycles. The third-order valence-electron chi connectivity index (χ3n) is 3.28. The lowest BCUT2D eigenvalue weighted by atomic mass is 9.91. The van der Waals surface area contributed by atoms with Gasteiger partial charge in [0.2, 0.25) is 0 Å². The summed E-state index contributed by atoms with van der Waals surface area (Å²) in [7, 11) is 1.70. The second-order valence-corrected chi connectivity index (χ2v) is 4.35. The number of para-hydroxylation sites is 1. The number of benzene rings is 1. The minimum atomic E-state index is 0.0114. The van der Waals surface area contributed by atoms with Crippen molar-refractivity contribution >= 4 is 0 Å². The van der Waals surface area contributed by atoms with Gasteiger partial charge in [0.25, 0.3) is 0 Å². The Morgan fingerprint density at radius 1 is 1.50 bits per heavy atom. The van der Waals surface area contributed by atoms with E-state index in [-0.39, 0.29) is 6.04 Å². The molecule has 2 atom stereocenters. The molecule has 0 aliphatic carbocycles. The average molecular weight is 221 g/mol. The molecule has 88 valence electrons. The first-order valence-electron chi connectivity index (χ1n) is 5.71. The molecule has 1 saturated heterocycles. The van der Waals surface area contributed by atoms with Gasteiger partial charge in [0.05, 0.1) is 13.7 Å². The Balaban J connectivity index is 2.27. The van der Waals surface area contributed by atoms with Gasteiger partial charge in [-0.2, -0.15) is 0 Å². The van der Waals surface area contributed by atoms with Crippen LogP contribution in [0.25, 0.3) is 0 Å². The Hall–Kier alpha value is -1.06. The summed E-state index contributed by atoms with van der Waals surface area (Å²) in [6.45, 7) is 3.63. The van der Waals surface area contributed by atoms with Gasteiger partial charge < -0.3 is 15.2 Å². The standard InChI is InChI=1S/C13H19NO2/c1-9-4-3-5-11(13(9)15-2)12(14)10-6-7-16-8-10/h3-5,10,12H,6-8,14H2,1-2H3. The van der Waals surface area contributed by atoms with Crippen LogP contribution >= 0.6 is 0 Å². The van der Waals surface area contributed by atoms with Crippen molar-refractivity contribution in [2.45, 2.75) is 19.4 Å². The third-order valence-corrected chi connectivity index (χ3v) is 3.28. The van der Waals surface area contributed by atoms with E-state index < -0.39 is 0 Å². The van der Waals surface area contributed by atoms with E-state index in [1.165, 1.54) is 0 Å². The van der Waals surface area contributed by atoms with Crippen LogP contribution < -0.4 is 10.5 Å². The molecule has 0 spiro atoms. The number of aryl methyl sites for hydroxylation is 1. The fraction of sp³-hybridized carbons (Fsp3) is 0.538. The van der Waals surface area contributed by atoms with E-state index >= 15 is 0 Å². The van der Waals surface area contributed by atoms with Crippen molar-refractivity contribution in [3.63, 3.8) is 0 Å². The quantitative estimate of drug-likeness (QED) is 0.849. The smallest absolute Gasteiger partial charge is 0.126 e. The summed E-state index contributed by atoms with van der Waals surface area (Å²) < 4.78 is 10.8. The lowest BCUT2D eigenvalue weighted by Crippen LogP contribution is -2.22. The van der Waals surface area contributed by atoms with Crippen LogP contribution in [0.3, 0.4) is 0 Å². The largest absolute Gasteiger partial charge is 0.496 e. The van der Waals surface area contributed by atoms with E-state index in [4.69, 9.17) is 15.2 Å². The maximum absolute atomic E-state index is 6.29. The fourth-order valence-electron chi connectivity index (χ4n) is 2.31. The first-order valence-corrected chi connectivity index (χ1v) is 5.71. The molecule has 3 heteroatoms. The Morgan fingerprint density at radius 2 is 2.31 bits per heavy atom. The van der Waals surface area contributed by atoms with Crippen LogP contribution in [0.4, 0.5) is 0 Å². The van der Waals surface area contributed by atoms with Gasteiger partial charge in [0, 0.05) is 24.1 Å². The van der Waals surface area contributed by atoms with Crippen LogP contribution in [0.1, 0.15) is 23.6 Å². The first kappa shape index (κ1) is 11.4. The lowest BCUT2D eigenvalue weighted by molar-refractivity contribution is 0.180. The molecule has 0 amide bonds. The van der Waals surface area contributed by atoms with E-state index in [9.17, 15) is 0 Å². The molecule has 3 nitrogen and oxygen atoms in total. The fourth-order valence-corrected chi connectivity index (χ4v) is 2.31. The van der Waals surface area contributed by atoms with Crippen LogP contribution in [-0.4, -0.2) is 20.3 Å². The summed E-state index contributed by atoms with van der Waals surface area (Å²) in [4.78, 5) is 0. The molecule has 0 saturated carbocycles. The van der Waals surface area contributed by atoms with Gasteiger partial charge in [-0.15, -0.1) is 0 Å². The molecule has 2 rings (SSSR count). The van der Waals surface area contributed by atoms with Crippen molar-refractivity contribution in [3.05, 3.63) is 29.3 Å². The number of hydrogen-bond acceptors (Lipinski definition) is 3. The molecule has 1 aromatic carbocycles. The van der Waals surface area contributed by atoms with Crippen LogP contribution in [0.15, 0.2) is 18.2 Å². The van der Waals surface area contributed by atoms with Crippen molar-refractivity contribution < 1.29 is 9.47 Å². The van der Waals surface area contributed by atoms with Crippen LogP contribution in [0.5, 0.6) is 5.75 Å². The first-order chi connectivity index (χ1) is 7.74. The zero-order valence-corrected chi connectivity index (χ0v) is 9.90. The summed E-state index contributed by atoms with van der Waals surface area (Å²) >= 11 is 0. The minimum Gasteiger partial charge on any atom is -0.496 e. The molecule has 1 fully saturated rings. The van der Waals surface area contributed by atoms with E-state index in [1.807, 2.05) is 19.1 Å². The highest BCUT2D eigenvalue weighted by atomic mass is 16.5.